The number of carbonyl (C=O) groups excluding carboxylic acids is 1. The highest BCUT2D eigenvalue weighted by molar-refractivity contribution is 7.80. The van der Waals surface area contributed by atoms with E-state index in [1.54, 1.807) is 0 Å². The van der Waals surface area contributed by atoms with Gasteiger partial charge in [0.15, 0.2) is 0 Å². The van der Waals surface area contributed by atoms with Crippen molar-refractivity contribution in [1.29, 1.82) is 0 Å². The fourth-order valence-electron chi connectivity index (χ4n) is 1.40. The number of nitrogens with zero attached hydrogens (tertiary/aromatic N) is 1. The van der Waals surface area contributed by atoms with E-state index in [-0.39, 0.29) is 5.91 Å². The van der Waals surface area contributed by atoms with E-state index in [1.165, 1.54) is 0 Å². The predicted octanol–water partition coefficient (Wildman–Crippen LogP) is 0.256. The Morgan fingerprint density at radius 1 is 1.50 bits per heavy atom. The van der Waals surface area contributed by atoms with Crippen molar-refractivity contribution in [3.05, 3.63) is 0 Å². The SMILES string of the molecule is NC1CCN(C(=O)CCS)CC1. The minimum atomic E-state index is 0.219. The van der Waals surface area contributed by atoms with Gasteiger partial charge in [-0.3, -0.25) is 4.79 Å². The minimum absolute atomic E-state index is 0.219. The second-order valence-electron chi connectivity index (χ2n) is 3.19. The van der Waals surface area contributed by atoms with Crippen LogP contribution in [0.15, 0.2) is 0 Å². The Balaban J connectivity index is 2.29. The highest BCUT2D eigenvalue weighted by Crippen LogP contribution is 2.09. The smallest absolute Gasteiger partial charge is 0.223 e. The lowest BCUT2D eigenvalue weighted by Crippen LogP contribution is -2.42. The van der Waals surface area contributed by atoms with Crippen LogP contribution in [0.4, 0.5) is 0 Å². The molecule has 1 heterocycles. The van der Waals surface area contributed by atoms with Crippen LogP contribution in [0.1, 0.15) is 19.3 Å². The molecule has 0 aliphatic carbocycles. The first-order chi connectivity index (χ1) is 5.74. The minimum Gasteiger partial charge on any atom is -0.343 e. The Morgan fingerprint density at radius 3 is 2.58 bits per heavy atom. The van der Waals surface area contributed by atoms with E-state index in [0.717, 1.165) is 25.9 Å². The molecule has 0 aromatic heterocycles. The summed E-state index contributed by atoms with van der Waals surface area (Å²) in [7, 11) is 0. The molecule has 4 heteroatoms. The van der Waals surface area contributed by atoms with Crippen LogP contribution < -0.4 is 5.73 Å². The monoisotopic (exact) mass is 188 g/mol. The number of carbonyl (C=O) groups is 1. The number of rotatable bonds is 2. The number of thiol groups is 1. The van der Waals surface area contributed by atoms with Crippen LogP contribution in [0.25, 0.3) is 0 Å². The van der Waals surface area contributed by atoms with Crippen LogP contribution in [-0.2, 0) is 4.79 Å². The Bertz CT molecular complexity index is 155. The van der Waals surface area contributed by atoms with E-state index in [2.05, 4.69) is 12.6 Å². The summed E-state index contributed by atoms with van der Waals surface area (Å²) < 4.78 is 0. The van der Waals surface area contributed by atoms with Crippen LogP contribution in [0.3, 0.4) is 0 Å². The molecule has 0 atom stereocenters. The van der Waals surface area contributed by atoms with Crippen molar-refractivity contribution in [3.8, 4) is 0 Å². The summed E-state index contributed by atoms with van der Waals surface area (Å²) in [5.74, 6) is 0.860. The predicted molar refractivity (Wildman–Crippen MR) is 52.3 cm³/mol. The molecule has 1 aliphatic heterocycles. The summed E-state index contributed by atoms with van der Waals surface area (Å²) in [4.78, 5) is 13.2. The zero-order valence-electron chi connectivity index (χ0n) is 7.20. The standard InChI is InChI=1S/C8H16N2OS/c9-7-1-4-10(5-2-7)8(11)3-6-12/h7,12H,1-6,9H2. The first-order valence-electron chi connectivity index (χ1n) is 4.38. The maximum absolute atomic E-state index is 11.3. The molecule has 1 aliphatic rings. The summed E-state index contributed by atoms with van der Waals surface area (Å²) in [6, 6.07) is 0.296. The van der Waals surface area contributed by atoms with E-state index in [1.807, 2.05) is 4.90 Å². The molecule has 1 rings (SSSR count). The quantitative estimate of drug-likeness (QED) is 0.610. The molecule has 3 nitrogen and oxygen atoms in total. The molecule has 1 saturated heterocycles. The fourth-order valence-corrected chi connectivity index (χ4v) is 1.59. The van der Waals surface area contributed by atoms with Gasteiger partial charge in [0.25, 0.3) is 0 Å². The molecule has 1 amide bonds. The van der Waals surface area contributed by atoms with E-state index in [0.29, 0.717) is 18.2 Å². The lowest BCUT2D eigenvalue weighted by atomic mass is 10.1. The number of amides is 1. The number of piperidine rings is 1. The Hall–Kier alpha value is -0.220. The maximum Gasteiger partial charge on any atom is 0.223 e. The van der Waals surface area contributed by atoms with Gasteiger partial charge in [0, 0.05) is 25.6 Å². The van der Waals surface area contributed by atoms with Gasteiger partial charge in [-0.25, -0.2) is 0 Å². The third-order valence-corrected chi connectivity index (χ3v) is 2.44. The highest BCUT2D eigenvalue weighted by Gasteiger charge is 2.19. The molecule has 0 bridgehead atoms. The first kappa shape index (κ1) is 9.86. The van der Waals surface area contributed by atoms with Crippen molar-refractivity contribution in [2.75, 3.05) is 18.8 Å². The third kappa shape index (κ3) is 2.68. The summed E-state index contributed by atoms with van der Waals surface area (Å²) >= 11 is 4.03. The highest BCUT2D eigenvalue weighted by atomic mass is 32.1. The van der Waals surface area contributed by atoms with Crippen LogP contribution in [-0.4, -0.2) is 35.7 Å². The van der Waals surface area contributed by atoms with Crippen molar-refractivity contribution in [2.45, 2.75) is 25.3 Å². The van der Waals surface area contributed by atoms with Gasteiger partial charge in [-0.15, -0.1) is 0 Å². The van der Waals surface area contributed by atoms with Gasteiger partial charge in [0.2, 0.25) is 5.91 Å². The Morgan fingerprint density at radius 2 is 2.08 bits per heavy atom. The normalized spacial score (nSPS) is 19.7. The van der Waals surface area contributed by atoms with Gasteiger partial charge in [-0.1, -0.05) is 0 Å². The fraction of sp³-hybridized carbons (Fsp3) is 0.875. The average molecular weight is 188 g/mol. The second kappa shape index (κ2) is 4.72. The number of hydrogen-bond acceptors (Lipinski definition) is 3. The van der Waals surface area contributed by atoms with Gasteiger partial charge >= 0.3 is 0 Å². The average Bonchev–Trinajstić information content (AvgIpc) is 2.06. The molecule has 70 valence electrons. The molecule has 0 unspecified atom stereocenters. The largest absolute Gasteiger partial charge is 0.343 e. The Kier molecular flexibility index (Phi) is 3.88. The van der Waals surface area contributed by atoms with Crippen LogP contribution in [0.5, 0.6) is 0 Å². The topological polar surface area (TPSA) is 46.3 Å². The second-order valence-corrected chi connectivity index (χ2v) is 3.64. The molecular weight excluding hydrogens is 172 g/mol. The molecule has 0 saturated carbocycles. The van der Waals surface area contributed by atoms with Gasteiger partial charge in [-0.2, -0.15) is 12.6 Å². The van der Waals surface area contributed by atoms with Crippen molar-refractivity contribution >= 4 is 18.5 Å². The number of hydrogen-bond donors (Lipinski definition) is 2. The number of nitrogens with two attached hydrogens (primary N) is 1. The summed E-state index contributed by atoms with van der Waals surface area (Å²) in [6.45, 7) is 1.65. The molecular formula is C8H16N2OS. The van der Waals surface area contributed by atoms with E-state index >= 15 is 0 Å². The number of likely N-dealkylation sites (tertiary alicyclic amines) is 1. The van der Waals surface area contributed by atoms with Gasteiger partial charge in [0.05, 0.1) is 0 Å². The van der Waals surface area contributed by atoms with E-state index < -0.39 is 0 Å². The van der Waals surface area contributed by atoms with E-state index in [4.69, 9.17) is 5.73 Å². The van der Waals surface area contributed by atoms with Gasteiger partial charge < -0.3 is 10.6 Å². The van der Waals surface area contributed by atoms with Crippen molar-refractivity contribution in [3.63, 3.8) is 0 Å². The molecule has 0 aromatic carbocycles. The lowest BCUT2D eigenvalue weighted by Gasteiger charge is -2.30. The van der Waals surface area contributed by atoms with Crippen LogP contribution in [0, 0.1) is 0 Å². The first-order valence-corrected chi connectivity index (χ1v) is 5.01. The Labute approximate surface area is 78.7 Å². The molecule has 0 spiro atoms. The molecule has 1 fully saturated rings. The van der Waals surface area contributed by atoms with Gasteiger partial charge in [-0.05, 0) is 18.6 Å². The zero-order chi connectivity index (χ0) is 8.97. The van der Waals surface area contributed by atoms with Gasteiger partial charge in [0.1, 0.15) is 0 Å². The molecule has 2 N–H and O–H groups in total. The van der Waals surface area contributed by atoms with Crippen LogP contribution >= 0.6 is 12.6 Å². The van der Waals surface area contributed by atoms with Crippen molar-refractivity contribution < 1.29 is 4.79 Å². The van der Waals surface area contributed by atoms with Crippen LogP contribution in [0.2, 0.25) is 0 Å². The summed E-state index contributed by atoms with van der Waals surface area (Å²) in [5, 5.41) is 0. The summed E-state index contributed by atoms with van der Waals surface area (Å²) in [6.07, 6.45) is 2.44. The van der Waals surface area contributed by atoms with E-state index in [9.17, 15) is 4.79 Å². The maximum atomic E-state index is 11.3. The molecule has 0 aromatic rings. The third-order valence-electron chi connectivity index (χ3n) is 2.22. The molecule has 0 radical (unpaired) electrons. The lowest BCUT2D eigenvalue weighted by molar-refractivity contribution is -0.131. The molecule has 12 heavy (non-hydrogen) atoms. The van der Waals surface area contributed by atoms with Crippen molar-refractivity contribution in [2.24, 2.45) is 5.73 Å². The summed E-state index contributed by atoms with van der Waals surface area (Å²) in [5.41, 5.74) is 5.72. The zero-order valence-corrected chi connectivity index (χ0v) is 8.09. The van der Waals surface area contributed by atoms with Crippen molar-refractivity contribution in [1.82, 2.24) is 4.90 Å².